The summed E-state index contributed by atoms with van der Waals surface area (Å²) in [6.07, 6.45) is -4.35. The quantitative estimate of drug-likeness (QED) is 0.917. The largest absolute Gasteiger partial charge is 0.484 e. The Morgan fingerprint density at radius 1 is 1.17 bits per heavy atom. The third kappa shape index (κ3) is 4.61. The molecule has 126 valence electrons. The van der Waals surface area contributed by atoms with Crippen LogP contribution in [0.15, 0.2) is 24.3 Å². The number of benzene rings is 1. The lowest BCUT2D eigenvalue weighted by molar-refractivity contribution is -0.183. The summed E-state index contributed by atoms with van der Waals surface area (Å²) in [5.74, 6) is -1.88. The van der Waals surface area contributed by atoms with Crippen LogP contribution in [-0.4, -0.2) is 42.6 Å². The lowest BCUT2D eigenvalue weighted by Gasteiger charge is -2.33. The van der Waals surface area contributed by atoms with Gasteiger partial charge in [-0.3, -0.25) is 9.59 Å². The first-order chi connectivity index (χ1) is 10.8. The number of hydrogen-bond acceptors (Lipinski definition) is 3. The number of rotatable bonds is 4. The van der Waals surface area contributed by atoms with Crippen molar-refractivity contribution in [2.75, 3.05) is 19.7 Å². The Morgan fingerprint density at radius 2 is 1.74 bits per heavy atom. The summed E-state index contributed by atoms with van der Waals surface area (Å²) in [7, 11) is 0. The van der Waals surface area contributed by atoms with Gasteiger partial charge in [-0.05, 0) is 37.1 Å². The van der Waals surface area contributed by atoms with Gasteiger partial charge in [-0.25, -0.2) is 0 Å². The van der Waals surface area contributed by atoms with Crippen LogP contribution in [0.5, 0.6) is 5.75 Å². The highest BCUT2D eigenvalue weighted by Crippen LogP contribution is 2.34. The van der Waals surface area contributed by atoms with Crippen LogP contribution in [0.2, 0.25) is 0 Å². The van der Waals surface area contributed by atoms with Gasteiger partial charge in [0.2, 0.25) is 0 Å². The molecular weight excluding hydrogens is 313 g/mol. The predicted octanol–water partition coefficient (Wildman–Crippen LogP) is 1.97. The number of primary amides is 1. The van der Waals surface area contributed by atoms with E-state index in [-0.39, 0.29) is 38.4 Å². The van der Waals surface area contributed by atoms with E-state index >= 15 is 0 Å². The number of nitrogens with zero attached hydrogens (tertiary/aromatic N) is 1. The van der Waals surface area contributed by atoms with Crippen LogP contribution in [0.25, 0.3) is 0 Å². The zero-order valence-corrected chi connectivity index (χ0v) is 12.3. The molecule has 1 heterocycles. The maximum atomic E-state index is 12.6. The van der Waals surface area contributed by atoms with Crippen LogP contribution >= 0.6 is 0 Å². The first-order valence-electron chi connectivity index (χ1n) is 7.14. The number of amides is 2. The minimum atomic E-state index is -4.20. The molecule has 2 amide bonds. The number of carbonyl (C=O) groups is 2. The van der Waals surface area contributed by atoms with E-state index in [9.17, 15) is 22.8 Å². The molecule has 0 radical (unpaired) electrons. The van der Waals surface area contributed by atoms with E-state index in [0.717, 1.165) is 0 Å². The van der Waals surface area contributed by atoms with E-state index in [4.69, 9.17) is 10.5 Å². The molecule has 1 aliphatic rings. The van der Waals surface area contributed by atoms with E-state index in [2.05, 4.69) is 0 Å². The fourth-order valence-corrected chi connectivity index (χ4v) is 2.44. The van der Waals surface area contributed by atoms with Crippen molar-refractivity contribution in [2.24, 2.45) is 11.7 Å². The molecule has 0 aromatic heterocycles. The summed E-state index contributed by atoms with van der Waals surface area (Å²) < 4.78 is 42.9. The highest BCUT2D eigenvalue weighted by Gasteiger charge is 2.41. The van der Waals surface area contributed by atoms with Crippen molar-refractivity contribution in [1.82, 2.24) is 4.90 Å². The zero-order valence-electron chi connectivity index (χ0n) is 12.3. The SMILES string of the molecule is NC(=O)COc1ccc(C(=O)N2CCC(C(F)(F)F)CC2)cc1. The summed E-state index contributed by atoms with van der Waals surface area (Å²) >= 11 is 0. The highest BCUT2D eigenvalue weighted by atomic mass is 19.4. The van der Waals surface area contributed by atoms with Gasteiger partial charge in [0.15, 0.2) is 6.61 Å². The van der Waals surface area contributed by atoms with Crippen molar-refractivity contribution in [3.63, 3.8) is 0 Å². The van der Waals surface area contributed by atoms with Crippen LogP contribution in [0.4, 0.5) is 13.2 Å². The van der Waals surface area contributed by atoms with Crippen molar-refractivity contribution >= 4 is 11.8 Å². The Kier molecular flexibility index (Phi) is 5.12. The standard InChI is InChI=1S/C15H17F3N2O3/c16-15(17,18)11-5-7-20(8-6-11)14(22)10-1-3-12(4-2-10)23-9-13(19)21/h1-4,11H,5-9H2,(H2,19,21). The average molecular weight is 330 g/mol. The summed E-state index contributed by atoms with van der Waals surface area (Å²) in [5.41, 5.74) is 5.32. The molecule has 0 spiro atoms. The van der Waals surface area contributed by atoms with Crippen molar-refractivity contribution in [3.05, 3.63) is 29.8 Å². The van der Waals surface area contributed by atoms with Gasteiger partial charge in [0.25, 0.3) is 11.8 Å². The Labute approximate surface area is 131 Å². The molecule has 0 bridgehead atoms. The number of likely N-dealkylation sites (tertiary alicyclic amines) is 1. The van der Waals surface area contributed by atoms with E-state index < -0.39 is 18.0 Å². The fourth-order valence-electron chi connectivity index (χ4n) is 2.44. The number of carbonyl (C=O) groups excluding carboxylic acids is 2. The summed E-state index contributed by atoms with van der Waals surface area (Å²) in [4.78, 5) is 24.3. The third-order valence-electron chi connectivity index (χ3n) is 3.73. The molecule has 2 N–H and O–H groups in total. The second-order valence-corrected chi connectivity index (χ2v) is 5.39. The molecule has 0 saturated carbocycles. The van der Waals surface area contributed by atoms with Gasteiger partial charge in [-0.2, -0.15) is 13.2 Å². The Morgan fingerprint density at radius 3 is 2.22 bits per heavy atom. The van der Waals surface area contributed by atoms with Crippen LogP contribution < -0.4 is 10.5 Å². The van der Waals surface area contributed by atoms with Crippen molar-refractivity contribution in [2.45, 2.75) is 19.0 Å². The second-order valence-electron chi connectivity index (χ2n) is 5.39. The molecule has 0 atom stereocenters. The van der Waals surface area contributed by atoms with Crippen molar-refractivity contribution in [1.29, 1.82) is 0 Å². The molecule has 1 aromatic carbocycles. The molecule has 2 rings (SSSR count). The first-order valence-corrected chi connectivity index (χ1v) is 7.14. The molecule has 1 saturated heterocycles. The molecular formula is C15H17F3N2O3. The normalized spacial score (nSPS) is 16.2. The Bertz CT molecular complexity index is 564. The second kappa shape index (κ2) is 6.89. The van der Waals surface area contributed by atoms with Gasteiger partial charge in [0.05, 0.1) is 5.92 Å². The molecule has 1 aromatic rings. The summed E-state index contributed by atoms with van der Waals surface area (Å²) in [6, 6.07) is 6.04. The topological polar surface area (TPSA) is 72.6 Å². The molecule has 8 heteroatoms. The highest BCUT2D eigenvalue weighted by molar-refractivity contribution is 5.94. The van der Waals surface area contributed by atoms with Gasteiger partial charge in [-0.1, -0.05) is 0 Å². The predicted molar refractivity (Wildman–Crippen MR) is 75.8 cm³/mol. The third-order valence-corrected chi connectivity index (χ3v) is 3.73. The lowest BCUT2D eigenvalue weighted by Crippen LogP contribution is -2.42. The molecule has 0 aliphatic carbocycles. The van der Waals surface area contributed by atoms with Gasteiger partial charge in [0.1, 0.15) is 5.75 Å². The average Bonchev–Trinajstić information content (AvgIpc) is 2.52. The zero-order chi connectivity index (χ0) is 17.0. The maximum Gasteiger partial charge on any atom is 0.391 e. The van der Waals surface area contributed by atoms with Gasteiger partial charge in [-0.15, -0.1) is 0 Å². The first kappa shape index (κ1) is 17.1. The smallest absolute Gasteiger partial charge is 0.391 e. The maximum absolute atomic E-state index is 12.6. The summed E-state index contributed by atoms with van der Waals surface area (Å²) in [5, 5.41) is 0. The van der Waals surface area contributed by atoms with E-state index in [0.29, 0.717) is 11.3 Å². The van der Waals surface area contributed by atoms with E-state index in [1.807, 2.05) is 0 Å². The molecule has 5 nitrogen and oxygen atoms in total. The number of halogens is 3. The van der Waals surface area contributed by atoms with Crippen LogP contribution in [0, 0.1) is 5.92 Å². The Hall–Kier alpha value is -2.25. The summed E-state index contributed by atoms with van der Waals surface area (Å²) in [6.45, 7) is -0.0931. The number of ether oxygens (including phenoxy) is 1. The number of nitrogens with two attached hydrogens (primary N) is 1. The van der Waals surface area contributed by atoms with Gasteiger partial charge in [0, 0.05) is 18.7 Å². The van der Waals surface area contributed by atoms with Crippen molar-refractivity contribution in [3.8, 4) is 5.75 Å². The van der Waals surface area contributed by atoms with Gasteiger partial charge >= 0.3 is 6.18 Å². The Balaban J connectivity index is 1.92. The molecule has 1 fully saturated rings. The lowest BCUT2D eigenvalue weighted by atomic mass is 9.96. The number of hydrogen-bond donors (Lipinski definition) is 1. The minimum absolute atomic E-state index is 0.0744. The van der Waals surface area contributed by atoms with E-state index in [1.165, 1.54) is 29.2 Å². The number of alkyl halides is 3. The van der Waals surface area contributed by atoms with Crippen LogP contribution in [-0.2, 0) is 4.79 Å². The minimum Gasteiger partial charge on any atom is -0.484 e. The molecule has 1 aliphatic heterocycles. The fraction of sp³-hybridized carbons (Fsp3) is 0.467. The number of piperidine rings is 1. The van der Waals surface area contributed by atoms with Crippen LogP contribution in [0.1, 0.15) is 23.2 Å². The molecule has 23 heavy (non-hydrogen) atoms. The van der Waals surface area contributed by atoms with Crippen LogP contribution in [0.3, 0.4) is 0 Å². The monoisotopic (exact) mass is 330 g/mol. The van der Waals surface area contributed by atoms with E-state index in [1.54, 1.807) is 0 Å². The van der Waals surface area contributed by atoms with Crippen molar-refractivity contribution < 1.29 is 27.5 Å². The molecule has 0 unspecified atom stereocenters. The van der Waals surface area contributed by atoms with Gasteiger partial charge < -0.3 is 15.4 Å².